The number of hydrogen-bond donors (Lipinski definition) is 0. The lowest BCUT2D eigenvalue weighted by Gasteiger charge is -2.04. The largest absolute Gasteiger partial charge is 0.289 e. The Hall–Kier alpha value is -1.93. The third kappa shape index (κ3) is 3.78. The van der Waals surface area contributed by atoms with Crippen molar-refractivity contribution in [2.75, 3.05) is 0 Å². The summed E-state index contributed by atoms with van der Waals surface area (Å²) in [4.78, 5) is 12.1. The minimum atomic E-state index is 0.00720. The van der Waals surface area contributed by atoms with Crippen LogP contribution in [-0.2, 0) is 0 Å². The van der Waals surface area contributed by atoms with E-state index in [0.29, 0.717) is 5.56 Å². The van der Waals surface area contributed by atoms with E-state index < -0.39 is 0 Å². The lowest BCUT2D eigenvalue weighted by molar-refractivity contribution is 0.104. The van der Waals surface area contributed by atoms with Crippen LogP contribution in [0, 0.1) is 0 Å². The normalized spacial score (nSPS) is 12.3. The number of carbonyl (C=O) groups excluding carboxylic acids is 1. The molecule has 0 radical (unpaired) electrons. The molecule has 0 bridgehead atoms. The molecule has 20 heavy (non-hydrogen) atoms. The summed E-state index contributed by atoms with van der Waals surface area (Å²) in [6.07, 6.45) is 3.47. The second kappa shape index (κ2) is 7.01. The van der Waals surface area contributed by atoms with Gasteiger partial charge in [-0.25, -0.2) is 0 Å². The van der Waals surface area contributed by atoms with Crippen LogP contribution < -0.4 is 0 Å². The standard InChI is InChI=1S/C18H15BrO/c1-14(19)17(15-8-4-2-5-9-15)12-13-18(20)16-10-6-3-7-11-16/h2-13H,1H3/b13-12+,17-14-. The maximum atomic E-state index is 12.1. The summed E-state index contributed by atoms with van der Waals surface area (Å²) in [7, 11) is 0. The highest BCUT2D eigenvalue weighted by atomic mass is 79.9. The van der Waals surface area contributed by atoms with Gasteiger partial charge in [0.05, 0.1) is 0 Å². The first-order chi connectivity index (χ1) is 9.68. The molecule has 2 heteroatoms. The minimum Gasteiger partial charge on any atom is -0.289 e. The Morgan fingerprint density at radius 3 is 1.85 bits per heavy atom. The Labute approximate surface area is 127 Å². The van der Waals surface area contributed by atoms with Gasteiger partial charge in [-0.05, 0) is 34.7 Å². The van der Waals surface area contributed by atoms with Gasteiger partial charge in [0, 0.05) is 5.56 Å². The second-order valence-electron chi connectivity index (χ2n) is 4.38. The summed E-state index contributed by atoms with van der Waals surface area (Å²) >= 11 is 3.50. The zero-order chi connectivity index (χ0) is 14.4. The number of ketones is 1. The van der Waals surface area contributed by atoms with Crippen LogP contribution in [0.2, 0.25) is 0 Å². The average Bonchev–Trinajstić information content (AvgIpc) is 2.49. The molecule has 0 aromatic heterocycles. The quantitative estimate of drug-likeness (QED) is 0.426. The number of benzene rings is 2. The second-order valence-corrected chi connectivity index (χ2v) is 5.57. The van der Waals surface area contributed by atoms with Crippen LogP contribution in [0.4, 0.5) is 0 Å². The number of halogens is 1. The Balaban J connectivity index is 2.25. The number of allylic oxidation sites excluding steroid dienone is 4. The van der Waals surface area contributed by atoms with Gasteiger partial charge in [0.15, 0.2) is 5.78 Å². The summed E-state index contributed by atoms with van der Waals surface area (Å²) in [5, 5.41) is 0. The SMILES string of the molecule is C/C(Br)=C(\C=C\C(=O)c1ccccc1)c1ccccc1. The summed E-state index contributed by atoms with van der Waals surface area (Å²) in [5.41, 5.74) is 2.79. The van der Waals surface area contributed by atoms with Gasteiger partial charge in [-0.3, -0.25) is 4.79 Å². The molecule has 0 atom stereocenters. The van der Waals surface area contributed by atoms with Crippen molar-refractivity contribution in [3.05, 3.63) is 88.4 Å². The van der Waals surface area contributed by atoms with Gasteiger partial charge in [-0.15, -0.1) is 0 Å². The van der Waals surface area contributed by atoms with E-state index in [1.165, 1.54) is 0 Å². The van der Waals surface area contributed by atoms with E-state index in [9.17, 15) is 4.79 Å². The molecule has 0 aliphatic rings. The maximum absolute atomic E-state index is 12.1. The zero-order valence-electron chi connectivity index (χ0n) is 11.2. The van der Waals surface area contributed by atoms with Crippen molar-refractivity contribution in [2.24, 2.45) is 0 Å². The molecule has 2 aromatic carbocycles. The molecule has 0 aliphatic heterocycles. The fraction of sp³-hybridized carbons (Fsp3) is 0.0556. The van der Waals surface area contributed by atoms with Gasteiger partial charge in [-0.1, -0.05) is 76.6 Å². The maximum Gasteiger partial charge on any atom is 0.185 e. The summed E-state index contributed by atoms with van der Waals surface area (Å²) < 4.78 is 1.00. The molecule has 0 heterocycles. The first-order valence-electron chi connectivity index (χ1n) is 6.38. The number of carbonyl (C=O) groups is 1. The topological polar surface area (TPSA) is 17.1 Å². The van der Waals surface area contributed by atoms with Gasteiger partial charge >= 0.3 is 0 Å². The lowest BCUT2D eigenvalue weighted by atomic mass is 10.0. The van der Waals surface area contributed by atoms with Crippen LogP contribution in [0.5, 0.6) is 0 Å². The highest BCUT2D eigenvalue weighted by Crippen LogP contribution is 2.23. The van der Waals surface area contributed by atoms with E-state index in [4.69, 9.17) is 0 Å². The van der Waals surface area contributed by atoms with E-state index in [2.05, 4.69) is 15.9 Å². The van der Waals surface area contributed by atoms with Crippen LogP contribution in [0.1, 0.15) is 22.8 Å². The van der Waals surface area contributed by atoms with Crippen molar-refractivity contribution in [1.29, 1.82) is 0 Å². The fourth-order valence-electron chi connectivity index (χ4n) is 1.89. The van der Waals surface area contributed by atoms with Crippen molar-refractivity contribution in [2.45, 2.75) is 6.92 Å². The van der Waals surface area contributed by atoms with E-state index >= 15 is 0 Å². The van der Waals surface area contributed by atoms with Gasteiger partial charge < -0.3 is 0 Å². The third-order valence-electron chi connectivity index (χ3n) is 2.92. The first-order valence-corrected chi connectivity index (χ1v) is 7.17. The summed E-state index contributed by atoms with van der Waals surface area (Å²) in [6, 6.07) is 19.3. The van der Waals surface area contributed by atoms with Crippen LogP contribution >= 0.6 is 15.9 Å². The Kier molecular flexibility index (Phi) is 5.08. The van der Waals surface area contributed by atoms with Crippen LogP contribution in [0.25, 0.3) is 5.57 Å². The molecule has 2 aromatic rings. The molecule has 0 saturated carbocycles. The van der Waals surface area contributed by atoms with Crippen LogP contribution in [0.3, 0.4) is 0 Å². The molecule has 2 rings (SSSR count). The van der Waals surface area contributed by atoms with Crippen molar-refractivity contribution in [1.82, 2.24) is 0 Å². The number of hydrogen-bond acceptors (Lipinski definition) is 1. The summed E-state index contributed by atoms with van der Waals surface area (Å²) in [5.74, 6) is 0.00720. The predicted octanol–water partition coefficient (Wildman–Crippen LogP) is 5.25. The molecular weight excluding hydrogens is 312 g/mol. The molecule has 1 nitrogen and oxygen atoms in total. The van der Waals surface area contributed by atoms with Gasteiger partial charge in [0.2, 0.25) is 0 Å². The Morgan fingerprint density at radius 2 is 1.35 bits per heavy atom. The highest BCUT2D eigenvalue weighted by Gasteiger charge is 2.03. The van der Waals surface area contributed by atoms with Crippen molar-refractivity contribution >= 4 is 27.3 Å². The molecule has 0 fully saturated rings. The van der Waals surface area contributed by atoms with Gasteiger partial charge in [0.1, 0.15) is 0 Å². The fourth-order valence-corrected chi connectivity index (χ4v) is 2.25. The van der Waals surface area contributed by atoms with Crippen molar-refractivity contribution < 1.29 is 4.79 Å². The van der Waals surface area contributed by atoms with E-state index in [1.54, 1.807) is 6.08 Å². The third-order valence-corrected chi connectivity index (χ3v) is 3.34. The van der Waals surface area contributed by atoms with Crippen molar-refractivity contribution in [3.8, 4) is 0 Å². The monoisotopic (exact) mass is 326 g/mol. The first kappa shape index (κ1) is 14.5. The molecule has 0 unspecified atom stereocenters. The minimum absolute atomic E-state index is 0.00720. The molecular formula is C18H15BrO. The van der Waals surface area contributed by atoms with E-state index in [1.807, 2.05) is 73.7 Å². The van der Waals surface area contributed by atoms with Gasteiger partial charge in [0.25, 0.3) is 0 Å². The lowest BCUT2D eigenvalue weighted by Crippen LogP contribution is -1.93. The van der Waals surface area contributed by atoms with Crippen LogP contribution in [-0.4, -0.2) is 5.78 Å². The zero-order valence-corrected chi connectivity index (χ0v) is 12.8. The molecule has 100 valence electrons. The van der Waals surface area contributed by atoms with E-state index in [-0.39, 0.29) is 5.78 Å². The molecule has 0 saturated heterocycles. The Bertz CT molecular complexity index is 636. The number of rotatable bonds is 4. The molecule has 0 amide bonds. The smallest absolute Gasteiger partial charge is 0.185 e. The average molecular weight is 327 g/mol. The molecule has 0 spiro atoms. The molecule has 0 aliphatic carbocycles. The Morgan fingerprint density at radius 1 is 0.850 bits per heavy atom. The highest BCUT2D eigenvalue weighted by molar-refractivity contribution is 9.11. The van der Waals surface area contributed by atoms with Crippen LogP contribution in [0.15, 0.2) is 77.3 Å². The van der Waals surface area contributed by atoms with Gasteiger partial charge in [-0.2, -0.15) is 0 Å². The van der Waals surface area contributed by atoms with Crippen molar-refractivity contribution in [3.63, 3.8) is 0 Å². The summed E-state index contributed by atoms with van der Waals surface area (Å²) in [6.45, 7) is 1.97. The predicted molar refractivity (Wildman–Crippen MR) is 87.9 cm³/mol. The van der Waals surface area contributed by atoms with E-state index in [0.717, 1.165) is 15.6 Å². The molecule has 0 N–H and O–H groups in total.